The van der Waals surface area contributed by atoms with Gasteiger partial charge in [-0.2, -0.15) is 5.10 Å². The molecule has 0 amide bonds. The van der Waals surface area contributed by atoms with Crippen LogP contribution in [-0.2, 0) is 0 Å². The molecule has 0 atom stereocenters. The molecule has 0 radical (unpaired) electrons. The lowest BCUT2D eigenvalue weighted by atomic mass is 10.1. The molecule has 0 fully saturated rings. The maximum Gasteiger partial charge on any atom is 0.283 e. The fourth-order valence-corrected chi connectivity index (χ4v) is 3.02. The van der Waals surface area contributed by atoms with Crippen molar-refractivity contribution in [3.8, 4) is 16.9 Å². The monoisotopic (exact) mass is 401 g/mol. The summed E-state index contributed by atoms with van der Waals surface area (Å²) in [6, 6.07) is 8.92. The van der Waals surface area contributed by atoms with Crippen molar-refractivity contribution in [3.63, 3.8) is 0 Å². The molecule has 134 valence electrons. The van der Waals surface area contributed by atoms with E-state index in [-0.39, 0.29) is 21.8 Å². The van der Waals surface area contributed by atoms with Crippen molar-refractivity contribution in [2.75, 3.05) is 0 Å². The van der Waals surface area contributed by atoms with Gasteiger partial charge in [0.05, 0.1) is 11.4 Å². The topological polar surface area (TPSA) is 65.6 Å². The number of rotatable bonds is 3. The van der Waals surface area contributed by atoms with Crippen LogP contribution in [0, 0.1) is 5.82 Å². The van der Waals surface area contributed by atoms with Gasteiger partial charge in [0.25, 0.3) is 5.91 Å². The van der Waals surface area contributed by atoms with Crippen molar-refractivity contribution in [1.29, 1.82) is 0 Å². The number of carbonyl (C=O) groups excluding carboxylic acids is 1. The Morgan fingerprint density at radius 2 is 1.93 bits per heavy atom. The predicted octanol–water partition coefficient (Wildman–Crippen LogP) is 4.27. The molecule has 0 aliphatic carbocycles. The molecule has 0 unspecified atom stereocenters. The van der Waals surface area contributed by atoms with Crippen LogP contribution in [0.4, 0.5) is 4.39 Å². The minimum atomic E-state index is -0.500. The summed E-state index contributed by atoms with van der Waals surface area (Å²) in [6.07, 6.45) is 5.90. The Hall–Kier alpha value is -3.03. The zero-order valence-corrected chi connectivity index (χ0v) is 15.1. The summed E-state index contributed by atoms with van der Waals surface area (Å²) in [6.45, 7) is 0. The van der Waals surface area contributed by atoms with E-state index in [0.717, 1.165) is 0 Å². The van der Waals surface area contributed by atoms with E-state index in [1.807, 2.05) is 0 Å². The minimum absolute atomic E-state index is 0.149. The number of imidazole rings is 1. The van der Waals surface area contributed by atoms with Gasteiger partial charge in [-0.05, 0) is 30.3 Å². The molecule has 4 rings (SSSR count). The number of hydrogen-bond acceptors (Lipinski definition) is 4. The van der Waals surface area contributed by atoms with E-state index in [4.69, 9.17) is 23.2 Å². The second-order valence-electron chi connectivity index (χ2n) is 5.60. The summed E-state index contributed by atoms with van der Waals surface area (Å²) in [4.78, 5) is 20.5. The zero-order chi connectivity index (χ0) is 19.0. The van der Waals surface area contributed by atoms with Gasteiger partial charge in [0, 0.05) is 35.2 Å². The molecular weight excluding hydrogens is 392 g/mol. The number of halogens is 3. The van der Waals surface area contributed by atoms with Gasteiger partial charge in [-0.15, -0.1) is 0 Å². The fraction of sp³-hybridized carbons (Fsp3) is 0. The highest BCUT2D eigenvalue weighted by Crippen LogP contribution is 2.28. The van der Waals surface area contributed by atoms with E-state index in [1.54, 1.807) is 24.3 Å². The Morgan fingerprint density at radius 3 is 2.63 bits per heavy atom. The molecule has 0 spiro atoms. The van der Waals surface area contributed by atoms with Crippen LogP contribution in [0.5, 0.6) is 0 Å². The van der Waals surface area contributed by atoms with Gasteiger partial charge < -0.3 is 0 Å². The SMILES string of the molecule is O=C(c1cc(-c2cc(F)cc(Cl)c2)n(-c2ccnc(Cl)c2)n1)n1ccnc1. The number of pyridine rings is 1. The van der Waals surface area contributed by atoms with Gasteiger partial charge in [-0.1, -0.05) is 23.2 Å². The first kappa shape index (κ1) is 17.4. The average Bonchev–Trinajstić information content (AvgIpc) is 3.30. The minimum Gasteiger partial charge on any atom is -0.271 e. The van der Waals surface area contributed by atoms with Crippen LogP contribution in [0.25, 0.3) is 16.9 Å². The Morgan fingerprint density at radius 1 is 1.07 bits per heavy atom. The molecule has 0 saturated carbocycles. The van der Waals surface area contributed by atoms with Crippen molar-refractivity contribution in [2.24, 2.45) is 0 Å². The number of nitrogens with zero attached hydrogens (tertiary/aromatic N) is 5. The molecule has 0 aliphatic rings. The second-order valence-corrected chi connectivity index (χ2v) is 6.42. The Kier molecular flexibility index (Phi) is 4.47. The summed E-state index contributed by atoms with van der Waals surface area (Å²) in [5.74, 6) is -0.879. The lowest BCUT2D eigenvalue weighted by Crippen LogP contribution is -2.11. The van der Waals surface area contributed by atoms with Crippen LogP contribution in [0.15, 0.2) is 61.3 Å². The van der Waals surface area contributed by atoms with E-state index >= 15 is 0 Å². The third-order valence-corrected chi connectivity index (χ3v) is 4.21. The summed E-state index contributed by atoms with van der Waals surface area (Å²) < 4.78 is 16.7. The van der Waals surface area contributed by atoms with Gasteiger partial charge in [-0.3, -0.25) is 9.36 Å². The summed E-state index contributed by atoms with van der Waals surface area (Å²) in [5, 5.41) is 4.87. The number of aromatic nitrogens is 5. The van der Waals surface area contributed by atoms with Crippen molar-refractivity contribution in [3.05, 3.63) is 83.0 Å². The Bertz CT molecular complexity index is 1120. The number of benzene rings is 1. The van der Waals surface area contributed by atoms with Crippen LogP contribution < -0.4 is 0 Å². The smallest absolute Gasteiger partial charge is 0.271 e. The van der Waals surface area contributed by atoms with Crippen LogP contribution in [-0.4, -0.2) is 30.2 Å². The highest BCUT2D eigenvalue weighted by atomic mass is 35.5. The first-order valence-corrected chi connectivity index (χ1v) is 8.48. The first-order valence-electron chi connectivity index (χ1n) is 7.72. The molecule has 3 heterocycles. The van der Waals surface area contributed by atoms with E-state index in [1.165, 1.54) is 46.3 Å². The largest absolute Gasteiger partial charge is 0.283 e. The molecule has 6 nitrogen and oxygen atoms in total. The highest BCUT2D eigenvalue weighted by molar-refractivity contribution is 6.31. The third kappa shape index (κ3) is 3.47. The molecule has 4 aromatic rings. The summed E-state index contributed by atoms with van der Waals surface area (Å²) >= 11 is 12.0. The van der Waals surface area contributed by atoms with E-state index in [0.29, 0.717) is 16.9 Å². The normalized spacial score (nSPS) is 10.9. The van der Waals surface area contributed by atoms with Gasteiger partial charge in [0.15, 0.2) is 5.69 Å². The molecule has 0 bridgehead atoms. The average molecular weight is 402 g/mol. The highest BCUT2D eigenvalue weighted by Gasteiger charge is 2.19. The van der Waals surface area contributed by atoms with Gasteiger partial charge in [-0.25, -0.2) is 19.0 Å². The third-order valence-electron chi connectivity index (χ3n) is 3.78. The van der Waals surface area contributed by atoms with E-state index < -0.39 is 5.82 Å². The Labute approximate surface area is 162 Å². The van der Waals surface area contributed by atoms with Crippen LogP contribution in [0.2, 0.25) is 10.2 Å². The second kappa shape index (κ2) is 6.94. The molecule has 9 heteroatoms. The van der Waals surface area contributed by atoms with Crippen molar-refractivity contribution < 1.29 is 9.18 Å². The summed E-state index contributed by atoms with van der Waals surface area (Å²) in [7, 11) is 0. The van der Waals surface area contributed by atoms with Crippen LogP contribution in [0.3, 0.4) is 0 Å². The molecule has 0 N–H and O–H groups in total. The van der Waals surface area contributed by atoms with E-state index in [2.05, 4.69) is 15.1 Å². The first-order chi connectivity index (χ1) is 13.0. The van der Waals surface area contributed by atoms with Crippen molar-refractivity contribution in [1.82, 2.24) is 24.3 Å². The fourth-order valence-electron chi connectivity index (χ4n) is 2.63. The molecule has 27 heavy (non-hydrogen) atoms. The predicted molar refractivity (Wildman–Crippen MR) is 98.7 cm³/mol. The number of hydrogen-bond donors (Lipinski definition) is 0. The molecular formula is C18H10Cl2FN5O. The van der Waals surface area contributed by atoms with E-state index in [9.17, 15) is 9.18 Å². The molecule has 0 saturated heterocycles. The van der Waals surface area contributed by atoms with Crippen LogP contribution >= 0.6 is 23.2 Å². The van der Waals surface area contributed by atoms with Crippen LogP contribution in [0.1, 0.15) is 10.5 Å². The lowest BCUT2D eigenvalue weighted by molar-refractivity contribution is 0.0954. The zero-order valence-electron chi connectivity index (χ0n) is 13.6. The molecule has 3 aromatic heterocycles. The molecule has 1 aromatic carbocycles. The summed E-state index contributed by atoms with van der Waals surface area (Å²) in [5.41, 5.74) is 1.65. The van der Waals surface area contributed by atoms with Gasteiger partial charge in [0.2, 0.25) is 0 Å². The quantitative estimate of drug-likeness (QED) is 0.481. The van der Waals surface area contributed by atoms with Gasteiger partial charge in [0.1, 0.15) is 17.3 Å². The lowest BCUT2D eigenvalue weighted by Gasteiger charge is -2.08. The molecule has 0 aliphatic heterocycles. The number of carbonyl (C=O) groups is 1. The van der Waals surface area contributed by atoms with Crippen molar-refractivity contribution >= 4 is 29.1 Å². The van der Waals surface area contributed by atoms with Gasteiger partial charge >= 0.3 is 0 Å². The Balaban J connectivity index is 1.91. The standard InChI is InChI=1S/C18H10Cl2FN5O/c19-12-5-11(6-13(21)7-12)16-9-15(18(27)25-4-3-22-10-25)24-26(16)14-1-2-23-17(20)8-14/h1-10H. The maximum atomic E-state index is 13.9. The maximum absolute atomic E-state index is 13.9. The van der Waals surface area contributed by atoms with Crippen molar-refractivity contribution in [2.45, 2.75) is 0 Å².